The highest BCUT2D eigenvalue weighted by molar-refractivity contribution is 4.82. The lowest BCUT2D eigenvalue weighted by Crippen LogP contribution is -2.40. The van der Waals surface area contributed by atoms with Crippen molar-refractivity contribution >= 4 is 0 Å². The van der Waals surface area contributed by atoms with Crippen molar-refractivity contribution < 1.29 is 0 Å². The van der Waals surface area contributed by atoms with Gasteiger partial charge < -0.3 is 10.2 Å². The Balaban J connectivity index is 1.65. The van der Waals surface area contributed by atoms with Crippen LogP contribution in [0.3, 0.4) is 0 Å². The zero-order chi connectivity index (χ0) is 13.0. The third-order valence-electron chi connectivity index (χ3n) is 4.47. The van der Waals surface area contributed by atoms with Crippen molar-refractivity contribution in [3.63, 3.8) is 0 Å². The van der Waals surface area contributed by atoms with Crippen LogP contribution in [0.2, 0.25) is 0 Å². The van der Waals surface area contributed by atoms with Crippen molar-refractivity contribution in [3.8, 4) is 0 Å². The van der Waals surface area contributed by atoms with Gasteiger partial charge in [0, 0.05) is 25.2 Å². The number of likely N-dealkylation sites (tertiary alicyclic amines) is 2. The molecule has 0 bridgehead atoms. The molecule has 2 saturated heterocycles. The molecule has 2 atom stereocenters. The first-order chi connectivity index (χ1) is 8.65. The molecule has 0 aromatic carbocycles. The van der Waals surface area contributed by atoms with Crippen LogP contribution in [0, 0.1) is 5.92 Å². The summed E-state index contributed by atoms with van der Waals surface area (Å²) >= 11 is 0. The summed E-state index contributed by atoms with van der Waals surface area (Å²) in [5.74, 6) is 0.873. The SMILES string of the molecule is CC(C)NCC1CCN(CC(C)N2CCCC2)C1. The van der Waals surface area contributed by atoms with Gasteiger partial charge in [-0.05, 0) is 58.3 Å². The van der Waals surface area contributed by atoms with Gasteiger partial charge in [-0.1, -0.05) is 13.8 Å². The van der Waals surface area contributed by atoms with Crippen LogP contribution < -0.4 is 5.32 Å². The molecule has 106 valence electrons. The molecule has 0 aromatic heterocycles. The van der Waals surface area contributed by atoms with Crippen LogP contribution in [-0.4, -0.2) is 61.2 Å². The van der Waals surface area contributed by atoms with Crippen LogP contribution in [0.15, 0.2) is 0 Å². The van der Waals surface area contributed by atoms with Crippen LogP contribution in [-0.2, 0) is 0 Å². The minimum atomic E-state index is 0.627. The van der Waals surface area contributed by atoms with Gasteiger partial charge in [0.05, 0.1) is 0 Å². The second-order valence-corrected chi connectivity index (χ2v) is 6.57. The van der Waals surface area contributed by atoms with Gasteiger partial charge >= 0.3 is 0 Å². The fourth-order valence-corrected chi connectivity index (χ4v) is 3.32. The highest BCUT2D eigenvalue weighted by atomic mass is 15.2. The molecule has 0 aliphatic carbocycles. The maximum atomic E-state index is 3.58. The van der Waals surface area contributed by atoms with E-state index >= 15 is 0 Å². The lowest BCUT2D eigenvalue weighted by atomic mass is 10.1. The summed E-state index contributed by atoms with van der Waals surface area (Å²) < 4.78 is 0. The Morgan fingerprint density at radius 2 is 1.83 bits per heavy atom. The van der Waals surface area contributed by atoms with Gasteiger partial charge in [0.15, 0.2) is 0 Å². The first kappa shape index (κ1) is 14.3. The Morgan fingerprint density at radius 1 is 1.11 bits per heavy atom. The predicted octanol–water partition coefficient (Wildman–Crippen LogP) is 1.79. The highest BCUT2D eigenvalue weighted by Gasteiger charge is 2.26. The van der Waals surface area contributed by atoms with Gasteiger partial charge in [0.25, 0.3) is 0 Å². The molecule has 2 aliphatic heterocycles. The summed E-state index contributed by atoms with van der Waals surface area (Å²) in [7, 11) is 0. The summed E-state index contributed by atoms with van der Waals surface area (Å²) in [5.41, 5.74) is 0. The second kappa shape index (κ2) is 6.88. The normalized spacial score (nSPS) is 28.3. The van der Waals surface area contributed by atoms with Gasteiger partial charge in [-0.15, -0.1) is 0 Å². The van der Waals surface area contributed by atoms with E-state index in [1.807, 2.05) is 0 Å². The Bertz CT molecular complexity index is 236. The minimum Gasteiger partial charge on any atom is -0.314 e. The van der Waals surface area contributed by atoms with Gasteiger partial charge in [-0.25, -0.2) is 0 Å². The topological polar surface area (TPSA) is 18.5 Å². The third kappa shape index (κ3) is 4.22. The van der Waals surface area contributed by atoms with Gasteiger partial charge in [0.2, 0.25) is 0 Å². The zero-order valence-electron chi connectivity index (χ0n) is 12.5. The molecule has 0 spiro atoms. The van der Waals surface area contributed by atoms with E-state index in [0.717, 1.165) is 12.0 Å². The molecule has 0 aromatic rings. The molecule has 3 heteroatoms. The lowest BCUT2D eigenvalue weighted by molar-refractivity contribution is 0.188. The van der Waals surface area contributed by atoms with E-state index in [9.17, 15) is 0 Å². The summed E-state index contributed by atoms with van der Waals surface area (Å²) in [5, 5.41) is 3.58. The monoisotopic (exact) mass is 253 g/mol. The summed E-state index contributed by atoms with van der Waals surface area (Å²) in [6.07, 6.45) is 4.20. The van der Waals surface area contributed by atoms with E-state index in [1.54, 1.807) is 0 Å². The highest BCUT2D eigenvalue weighted by Crippen LogP contribution is 2.18. The number of nitrogens with one attached hydrogen (secondary N) is 1. The number of hydrogen-bond acceptors (Lipinski definition) is 3. The minimum absolute atomic E-state index is 0.627. The summed E-state index contributed by atoms with van der Waals surface area (Å²) in [4.78, 5) is 5.34. The largest absolute Gasteiger partial charge is 0.314 e. The maximum absolute atomic E-state index is 3.58. The second-order valence-electron chi connectivity index (χ2n) is 6.57. The van der Waals surface area contributed by atoms with Gasteiger partial charge in [0.1, 0.15) is 0 Å². The molecule has 0 radical (unpaired) electrons. The average molecular weight is 253 g/mol. The van der Waals surface area contributed by atoms with E-state index in [1.165, 1.54) is 58.5 Å². The molecule has 0 saturated carbocycles. The standard InChI is InChI=1S/C15H31N3/c1-13(2)16-10-15-6-9-17(12-15)11-14(3)18-7-4-5-8-18/h13-16H,4-12H2,1-3H3. The van der Waals surface area contributed by atoms with Crippen molar-refractivity contribution in [1.82, 2.24) is 15.1 Å². The Kier molecular flexibility index (Phi) is 5.46. The van der Waals surface area contributed by atoms with E-state index in [4.69, 9.17) is 0 Å². The van der Waals surface area contributed by atoms with Crippen molar-refractivity contribution in [2.24, 2.45) is 5.92 Å². The number of nitrogens with zero attached hydrogens (tertiary/aromatic N) is 2. The van der Waals surface area contributed by atoms with E-state index in [-0.39, 0.29) is 0 Å². The molecular weight excluding hydrogens is 222 g/mol. The van der Waals surface area contributed by atoms with Crippen LogP contribution in [0.4, 0.5) is 0 Å². The van der Waals surface area contributed by atoms with Crippen molar-refractivity contribution in [2.75, 3.05) is 39.3 Å². The molecule has 2 rings (SSSR count). The van der Waals surface area contributed by atoms with Crippen molar-refractivity contribution in [2.45, 2.75) is 52.1 Å². The van der Waals surface area contributed by atoms with E-state index < -0.39 is 0 Å². The van der Waals surface area contributed by atoms with Crippen molar-refractivity contribution in [3.05, 3.63) is 0 Å². The predicted molar refractivity (Wildman–Crippen MR) is 78.0 cm³/mol. The molecular formula is C15H31N3. The molecule has 2 fully saturated rings. The van der Waals surface area contributed by atoms with E-state index in [2.05, 4.69) is 35.9 Å². The fraction of sp³-hybridized carbons (Fsp3) is 1.00. The zero-order valence-corrected chi connectivity index (χ0v) is 12.5. The Hall–Kier alpha value is -0.120. The molecule has 0 amide bonds. The molecule has 2 aliphatic rings. The molecule has 2 heterocycles. The molecule has 1 N–H and O–H groups in total. The van der Waals surface area contributed by atoms with Crippen molar-refractivity contribution in [1.29, 1.82) is 0 Å². The summed E-state index contributed by atoms with van der Waals surface area (Å²) in [6.45, 7) is 14.6. The van der Waals surface area contributed by atoms with Crippen LogP contribution >= 0.6 is 0 Å². The molecule has 3 nitrogen and oxygen atoms in total. The lowest BCUT2D eigenvalue weighted by Gasteiger charge is -2.28. The number of hydrogen-bond donors (Lipinski definition) is 1. The smallest absolute Gasteiger partial charge is 0.0194 e. The van der Waals surface area contributed by atoms with Gasteiger partial charge in [-0.3, -0.25) is 4.90 Å². The Labute approximate surface area is 113 Å². The molecule has 2 unspecified atom stereocenters. The van der Waals surface area contributed by atoms with Crippen LogP contribution in [0.1, 0.15) is 40.0 Å². The summed E-state index contributed by atoms with van der Waals surface area (Å²) in [6, 6.07) is 1.38. The maximum Gasteiger partial charge on any atom is 0.0194 e. The Morgan fingerprint density at radius 3 is 2.50 bits per heavy atom. The quantitative estimate of drug-likeness (QED) is 0.778. The first-order valence-corrected chi connectivity index (χ1v) is 7.85. The third-order valence-corrected chi connectivity index (χ3v) is 4.47. The fourth-order valence-electron chi connectivity index (χ4n) is 3.32. The van der Waals surface area contributed by atoms with E-state index in [0.29, 0.717) is 6.04 Å². The van der Waals surface area contributed by atoms with Crippen LogP contribution in [0.25, 0.3) is 0 Å². The molecule has 18 heavy (non-hydrogen) atoms. The van der Waals surface area contributed by atoms with Crippen LogP contribution in [0.5, 0.6) is 0 Å². The first-order valence-electron chi connectivity index (χ1n) is 7.85. The average Bonchev–Trinajstić information content (AvgIpc) is 2.97. The van der Waals surface area contributed by atoms with Gasteiger partial charge in [-0.2, -0.15) is 0 Å². The number of rotatable bonds is 6.